The zero-order valence-electron chi connectivity index (χ0n) is 14.7. The van der Waals surface area contributed by atoms with Crippen molar-refractivity contribution in [3.63, 3.8) is 0 Å². The summed E-state index contributed by atoms with van der Waals surface area (Å²) in [7, 11) is 1.77. The minimum Gasteiger partial charge on any atom is -0.444 e. The predicted molar refractivity (Wildman–Crippen MR) is 88.7 cm³/mol. The molecule has 130 valence electrons. The van der Waals surface area contributed by atoms with Gasteiger partial charge in [0, 0.05) is 32.1 Å². The molecule has 1 aromatic heterocycles. The molecule has 0 N–H and O–H groups in total. The molecule has 3 heterocycles. The molecule has 0 aromatic carbocycles. The highest BCUT2D eigenvalue weighted by Crippen LogP contribution is 2.25. The average molecular weight is 332 g/mol. The summed E-state index contributed by atoms with van der Waals surface area (Å²) in [5.74, 6) is -0.0564. The lowest BCUT2D eigenvalue weighted by Crippen LogP contribution is -2.40. The van der Waals surface area contributed by atoms with Crippen LogP contribution >= 0.6 is 0 Å². The summed E-state index contributed by atoms with van der Waals surface area (Å²) in [6.07, 6.45) is 4.26. The Hall–Kier alpha value is -2.31. The number of allylic oxidation sites excluding steroid dienone is 1. The van der Waals surface area contributed by atoms with Crippen LogP contribution in [0.15, 0.2) is 12.2 Å². The van der Waals surface area contributed by atoms with E-state index in [0.29, 0.717) is 38.3 Å². The Labute approximate surface area is 141 Å². The lowest BCUT2D eigenvalue weighted by Gasteiger charge is -2.30. The van der Waals surface area contributed by atoms with E-state index in [9.17, 15) is 9.59 Å². The van der Waals surface area contributed by atoms with Crippen LogP contribution in [-0.4, -0.2) is 57.3 Å². The van der Waals surface area contributed by atoms with E-state index < -0.39 is 5.60 Å². The van der Waals surface area contributed by atoms with Crippen molar-refractivity contribution in [2.45, 2.75) is 45.9 Å². The van der Waals surface area contributed by atoms with Crippen molar-refractivity contribution in [2.75, 3.05) is 20.1 Å². The van der Waals surface area contributed by atoms with Crippen LogP contribution in [0, 0.1) is 0 Å². The zero-order valence-corrected chi connectivity index (χ0v) is 14.7. The summed E-state index contributed by atoms with van der Waals surface area (Å²) in [5, 5.41) is 4.59. The van der Waals surface area contributed by atoms with Gasteiger partial charge in [-0.25, -0.2) is 4.79 Å². The Kier molecular flexibility index (Phi) is 4.11. The molecule has 0 spiro atoms. The second-order valence-corrected chi connectivity index (χ2v) is 7.26. The number of aromatic nitrogens is 2. The molecule has 0 aliphatic carbocycles. The third kappa shape index (κ3) is 3.16. The largest absolute Gasteiger partial charge is 0.444 e. The molecule has 0 fully saturated rings. The fourth-order valence-corrected chi connectivity index (χ4v) is 2.95. The summed E-state index contributed by atoms with van der Waals surface area (Å²) in [6, 6.07) is 0. The van der Waals surface area contributed by atoms with E-state index in [0.717, 1.165) is 11.3 Å². The first-order chi connectivity index (χ1) is 11.3. The summed E-state index contributed by atoms with van der Waals surface area (Å²) in [6.45, 7) is 7.62. The number of likely N-dealkylation sites (N-methyl/N-ethyl adjacent to an activating group) is 1. The van der Waals surface area contributed by atoms with Crippen molar-refractivity contribution in [3.8, 4) is 0 Å². The molecule has 24 heavy (non-hydrogen) atoms. The van der Waals surface area contributed by atoms with E-state index in [1.54, 1.807) is 21.5 Å². The van der Waals surface area contributed by atoms with Gasteiger partial charge in [0.1, 0.15) is 11.3 Å². The van der Waals surface area contributed by atoms with Gasteiger partial charge in [0.15, 0.2) is 0 Å². The van der Waals surface area contributed by atoms with E-state index in [-0.39, 0.29) is 12.0 Å². The maximum Gasteiger partial charge on any atom is 0.410 e. The molecular weight excluding hydrogens is 308 g/mol. The molecule has 0 saturated carbocycles. The monoisotopic (exact) mass is 332 g/mol. The van der Waals surface area contributed by atoms with Crippen LogP contribution in [0.4, 0.5) is 4.79 Å². The number of ether oxygens (including phenoxy) is 1. The Morgan fingerprint density at radius 2 is 1.96 bits per heavy atom. The first-order valence-electron chi connectivity index (χ1n) is 8.23. The molecule has 0 unspecified atom stereocenters. The number of hydrogen-bond acceptors (Lipinski definition) is 4. The van der Waals surface area contributed by atoms with Crippen LogP contribution in [0.3, 0.4) is 0 Å². The van der Waals surface area contributed by atoms with Crippen molar-refractivity contribution < 1.29 is 14.3 Å². The maximum atomic E-state index is 12.7. The molecule has 0 radical (unpaired) electrons. The van der Waals surface area contributed by atoms with E-state index in [1.807, 2.05) is 32.9 Å². The Morgan fingerprint density at radius 3 is 2.67 bits per heavy atom. The minimum absolute atomic E-state index is 0.0564. The number of rotatable bonds is 0. The first kappa shape index (κ1) is 16.5. The molecular formula is C17H24N4O3. The second kappa shape index (κ2) is 5.96. The molecule has 3 rings (SSSR count). The molecule has 7 heteroatoms. The average Bonchev–Trinajstić information content (AvgIpc) is 2.84. The molecule has 2 aliphatic rings. The zero-order chi connectivity index (χ0) is 17.5. The first-order valence-corrected chi connectivity index (χ1v) is 8.23. The molecule has 2 aliphatic heterocycles. The van der Waals surface area contributed by atoms with Crippen LogP contribution in [0.2, 0.25) is 0 Å². The third-order valence-corrected chi connectivity index (χ3v) is 4.13. The van der Waals surface area contributed by atoms with Crippen LogP contribution in [0.25, 0.3) is 0 Å². The number of carbonyl (C=O) groups is 2. The van der Waals surface area contributed by atoms with Crippen molar-refractivity contribution >= 4 is 12.0 Å². The van der Waals surface area contributed by atoms with Crippen LogP contribution in [0.1, 0.15) is 42.5 Å². The Balaban J connectivity index is 1.90. The smallest absolute Gasteiger partial charge is 0.410 e. The summed E-state index contributed by atoms with van der Waals surface area (Å²) in [5.41, 5.74) is 1.80. The third-order valence-electron chi connectivity index (χ3n) is 4.13. The number of fused-ring (bicyclic) bond motifs is 3. The van der Waals surface area contributed by atoms with Gasteiger partial charge in [-0.3, -0.25) is 9.48 Å². The molecule has 0 atom stereocenters. The lowest BCUT2D eigenvalue weighted by molar-refractivity contribution is 0.0222. The number of hydrogen-bond donors (Lipinski definition) is 0. The normalized spacial score (nSPS) is 19.2. The van der Waals surface area contributed by atoms with E-state index >= 15 is 0 Å². The van der Waals surface area contributed by atoms with Crippen molar-refractivity contribution in [3.05, 3.63) is 29.1 Å². The molecule has 1 aromatic rings. The summed E-state index contributed by atoms with van der Waals surface area (Å²) >= 11 is 0. The molecule has 2 amide bonds. The van der Waals surface area contributed by atoms with Gasteiger partial charge in [-0.2, -0.15) is 5.10 Å². The second-order valence-electron chi connectivity index (χ2n) is 7.26. The topological polar surface area (TPSA) is 67.7 Å². The quantitative estimate of drug-likeness (QED) is 0.680. The van der Waals surface area contributed by atoms with Gasteiger partial charge >= 0.3 is 6.09 Å². The SMILES string of the molecule is CN1C/C=C\Cn2nc3c(c2C1=O)CN(C(=O)OC(C)(C)C)CC3. The number of carbonyl (C=O) groups excluding carboxylic acids is 2. The standard InChI is InChI=1S/C17H24N4O3/c1-17(2,3)24-16(23)20-10-7-13-12(11-20)14-15(22)19(4)8-5-6-9-21(14)18-13/h5-6H,7-11H2,1-4H3/b6-5-. The van der Waals surface area contributed by atoms with Gasteiger partial charge in [-0.05, 0) is 20.8 Å². The Morgan fingerprint density at radius 1 is 1.25 bits per heavy atom. The van der Waals surface area contributed by atoms with E-state index in [1.165, 1.54) is 0 Å². The number of nitrogens with zero attached hydrogens (tertiary/aromatic N) is 4. The van der Waals surface area contributed by atoms with Crippen LogP contribution in [0.5, 0.6) is 0 Å². The number of amides is 2. The van der Waals surface area contributed by atoms with Gasteiger partial charge < -0.3 is 14.5 Å². The highest BCUT2D eigenvalue weighted by atomic mass is 16.6. The highest BCUT2D eigenvalue weighted by molar-refractivity contribution is 5.94. The van der Waals surface area contributed by atoms with Gasteiger partial charge in [-0.1, -0.05) is 12.2 Å². The fraction of sp³-hybridized carbons (Fsp3) is 0.588. The lowest BCUT2D eigenvalue weighted by atomic mass is 10.0. The van der Waals surface area contributed by atoms with Crippen molar-refractivity contribution in [1.82, 2.24) is 19.6 Å². The van der Waals surface area contributed by atoms with Crippen LogP contribution < -0.4 is 0 Å². The predicted octanol–water partition coefficient (Wildman–Crippen LogP) is 1.82. The molecule has 0 saturated heterocycles. The van der Waals surface area contributed by atoms with Gasteiger partial charge in [0.2, 0.25) is 0 Å². The Bertz CT molecular complexity index is 699. The molecule has 0 bridgehead atoms. The molecule has 7 nitrogen and oxygen atoms in total. The maximum absolute atomic E-state index is 12.7. The van der Waals surface area contributed by atoms with E-state index in [2.05, 4.69) is 5.10 Å². The summed E-state index contributed by atoms with van der Waals surface area (Å²) < 4.78 is 7.21. The van der Waals surface area contributed by atoms with Gasteiger partial charge in [-0.15, -0.1) is 0 Å². The van der Waals surface area contributed by atoms with Crippen molar-refractivity contribution in [2.24, 2.45) is 0 Å². The van der Waals surface area contributed by atoms with Gasteiger partial charge in [0.05, 0.1) is 18.8 Å². The van der Waals surface area contributed by atoms with Crippen molar-refractivity contribution in [1.29, 1.82) is 0 Å². The van der Waals surface area contributed by atoms with Gasteiger partial charge in [0.25, 0.3) is 5.91 Å². The minimum atomic E-state index is -0.536. The van der Waals surface area contributed by atoms with Crippen LogP contribution in [-0.2, 0) is 24.2 Å². The highest BCUT2D eigenvalue weighted by Gasteiger charge is 2.33. The fourth-order valence-electron chi connectivity index (χ4n) is 2.95. The summed E-state index contributed by atoms with van der Waals surface area (Å²) in [4.78, 5) is 28.4. The van der Waals surface area contributed by atoms with E-state index in [4.69, 9.17) is 4.74 Å².